The fraction of sp³-hybridized carbons (Fsp3) is 0.333. The Balaban J connectivity index is 2.00. The molecule has 0 aromatic heterocycles. The third kappa shape index (κ3) is 3.61. The molecule has 2 heteroatoms. The standard InChI is InChI=1S/C18H22O2/c1-4-15-6-5-7-17(11-15)20-12-18(19)16-9-8-13(2)14(3)10-16/h5-11,18-19H,4,12H2,1-3H3. The van der Waals surface area contributed by atoms with Gasteiger partial charge in [0.15, 0.2) is 0 Å². The zero-order valence-electron chi connectivity index (χ0n) is 12.4. The molecule has 0 saturated heterocycles. The van der Waals surface area contributed by atoms with E-state index in [1.54, 1.807) is 0 Å². The first-order valence-corrected chi connectivity index (χ1v) is 7.07. The van der Waals surface area contributed by atoms with Crippen molar-refractivity contribution in [2.75, 3.05) is 6.61 Å². The summed E-state index contributed by atoms with van der Waals surface area (Å²) < 4.78 is 5.68. The van der Waals surface area contributed by atoms with Crippen LogP contribution in [0.5, 0.6) is 5.75 Å². The van der Waals surface area contributed by atoms with Crippen LogP contribution in [0.1, 0.15) is 35.3 Å². The molecular weight excluding hydrogens is 248 g/mol. The molecule has 2 aromatic rings. The van der Waals surface area contributed by atoms with Crippen LogP contribution in [-0.2, 0) is 6.42 Å². The topological polar surface area (TPSA) is 29.5 Å². The van der Waals surface area contributed by atoms with E-state index < -0.39 is 6.10 Å². The Morgan fingerprint density at radius 1 is 1.05 bits per heavy atom. The van der Waals surface area contributed by atoms with E-state index in [2.05, 4.69) is 26.8 Å². The second kappa shape index (κ2) is 6.58. The average Bonchev–Trinajstić information content (AvgIpc) is 2.47. The summed E-state index contributed by atoms with van der Waals surface area (Å²) in [5, 5.41) is 10.2. The van der Waals surface area contributed by atoms with E-state index in [1.165, 1.54) is 16.7 Å². The molecule has 0 amide bonds. The van der Waals surface area contributed by atoms with E-state index >= 15 is 0 Å². The Morgan fingerprint density at radius 2 is 1.85 bits per heavy atom. The van der Waals surface area contributed by atoms with Gasteiger partial charge in [-0.2, -0.15) is 0 Å². The molecule has 106 valence electrons. The summed E-state index contributed by atoms with van der Waals surface area (Å²) in [6, 6.07) is 14.0. The molecule has 0 bridgehead atoms. The molecule has 20 heavy (non-hydrogen) atoms. The lowest BCUT2D eigenvalue weighted by molar-refractivity contribution is 0.108. The van der Waals surface area contributed by atoms with Gasteiger partial charge in [-0.25, -0.2) is 0 Å². The Hall–Kier alpha value is -1.80. The van der Waals surface area contributed by atoms with Gasteiger partial charge in [0.25, 0.3) is 0 Å². The molecule has 0 aliphatic carbocycles. The van der Waals surface area contributed by atoms with Gasteiger partial charge in [-0.3, -0.25) is 0 Å². The van der Waals surface area contributed by atoms with Gasteiger partial charge >= 0.3 is 0 Å². The molecule has 0 aliphatic rings. The molecule has 0 aliphatic heterocycles. The number of aliphatic hydroxyl groups excluding tert-OH is 1. The van der Waals surface area contributed by atoms with Crippen LogP contribution in [0, 0.1) is 13.8 Å². The Morgan fingerprint density at radius 3 is 2.55 bits per heavy atom. The number of hydrogen-bond donors (Lipinski definition) is 1. The predicted octanol–water partition coefficient (Wildman–Crippen LogP) is 3.98. The minimum Gasteiger partial charge on any atom is -0.491 e. The quantitative estimate of drug-likeness (QED) is 0.890. The van der Waals surface area contributed by atoms with Crippen LogP contribution in [0.2, 0.25) is 0 Å². The van der Waals surface area contributed by atoms with Crippen LogP contribution in [0.25, 0.3) is 0 Å². The van der Waals surface area contributed by atoms with Gasteiger partial charge in [0, 0.05) is 0 Å². The minimum atomic E-state index is -0.598. The summed E-state index contributed by atoms with van der Waals surface area (Å²) in [5.41, 5.74) is 4.56. The zero-order valence-corrected chi connectivity index (χ0v) is 12.4. The molecule has 2 aromatic carbocycles. The predicted molar refractivity (Wildman–Crippen MR) is 82.2 cm³/mol. The van der Waals surface area contributed by atoms with E-state index in [0.29, 0.717) is 0 Å². The van der Waals surface area contributed by atoms with Crippen molar-refractivity contribution in [1.82, 2.24) is 0 Å². The molecule has 0 saturated carbocycles. The summed E-state index contributed by atoms with van der Waals surface area (Å²) in [7, 11) is 0. The van der Waals surface area contributed by atoms with Crippen LogP contribution in [0.3, 0.4) is 0 Å². The second-order valence-electron chi connectivity index (χ2n) is 5.17. The first kappa shape index (κ1) is 14.6. The highest BCUT2D eigenvalue weighted by molar-refractivity contribution is 5.32. The fourth-order valence-electron chi connectivity index (χ4n) is 2.10. The van der Waals surface area contributed by atoms with Gasteiger partial charge in [-0.1, -0.05) is 37.3 Å². The lowest BCUT2D eigenvalue weighted by Gasteiger charge is -2.14. The number of aliphatic hydroxyl groups is 1. The number of rotatable bonds is 5. The molecule has 0 radical (unpaired) electrons. The monoisotopic (exact) mass is 270 g/mol. The molecule has 0 spiro atoms. The van der Waals surface area contributed by atoms with Crippen molar-refractivity contribution in [3.63, 3.8) is 0 Å². The maximum atomic E-state index is 10.2. The molecule has 1 unspecified atom stereocenters. The van der Waals surface area contributed by atoms with Crippen LogP contribution in [0.4, 0.5) is 0 Å². The highest BCUT2D eigenvalue weighted by atomic mass is 16.5. The third-order valence-corrected chi connectivity index (χ3v) is 3.63. The van der Waals surface area contributed by atoms with Crippen LogP contribution in [0.15, 0.2) is 42.5 Å². The SMILES string of the molecule is CCc1cccc(OCC(O)c2ccc(C)c(C)c2)c1. The minimum absolute atomic E-state index is 0.273. The van der Waals surface area contributed by atoms with Crippen LogP contribution >= 0.6 is 0 Å². The van der Waals surface area contributed by atoms with E-state index in [0.717, 1.165) is 17.7 Å². The Bertz CT molecular complexity index is 575. The van der Waals surface area contributed by atoms with Crippen molar-refractivity contribution in [3.05, 3.63) is 64.7 Å². The molecule has 0 fully saturated rings. The third-order valence-electron chi connectivity index (χ3n) is 3.63. The van der Waals surface area contributed by atoms with Gasteiger partial charge in [-0.05, 0) is 54.7 Å². The number of benzene rings is 2. The van der Waals surface area contributed by atoms with E-state index in [1.807, 2.05) is 36.4 Å². The lowest BCUT2D eigenvalue weighted by atomic mass is 10.0. The summed E-state index contributed by atoms with van der Waals surface area (Å²) in [6.45, 7) is 6.51. The average molecular weight is 270 g/mol. The Kier molecular flexibility index (Phi) is 4.80. The highest BCUT2D eigenvalue weighted by Crippen LogP contribution is 2.20. The fourth-order valence-corrected chi connectivity index (χ4v) is 2.10. The zero-order chi connectivity index (χ0) is 14.5. The smallest absolute Gasteiger partial charge is 0.119 e. The highest BCUT2D eigenvalue weighted by Gasteiger charge is 2.09. The first-order valence-electron chi connectivity index (χ1n) is 7.07. The van der Waals surface area contributed by atoms with E-state index in [9.17, 15) is 5.11 Å². The number of aryl methyl sites for hydroxylation is 3. The van der Waals surface area contributed by atoms with Crippen molar-refractivity contribution in [1.29, 1.82) is 0 Å². The summed E-state index contributed by atoms with van der Waals surface area (Å²) in [4.78, 5) is 0. The van der Waals surface area contributed by atoms with Crippen molar-refractivity contribution >= 4 is 0 Å². The molecule has 0 heterocycles. The molecule has 2 nitrogen and oxygen atoms in total. The van der Waals surface area contributed by atoms with Crippen molar-refractivity contribution in [2.24, 2.45) is 0 Å². The van der Waals surface area contributed by atoms with Gasteiger partial charge in [0.05, 0.1) is 0 Å². The molecular formula is C18H22O2. The largest absolute Gasteiger partial charge is 0.491 e. The summed E-state index contributed by atoms with van der Waals surface area (Å²) >= 11 is 0. The summed E-state index contributed by atoms with van der Waals surface area (Å²) in [6.07, 6.45) is 0.385. The van der Waals surface area contributed by atoms with Gasteiger partial charge in [0.2, 0.25) is 0 Å². The van der Waals surface area contributed by atoms with E-state index in [4.69, 9.17) is 4.74 Å². The van der Waals surface area contributed by atoms with Crippen LogP contribution < -0.4 is 4.74 Å². The molecule has 1 atom stereocenters. The lowest BCUT2D eigenvalue weighted by Crippen LogP contribution is -2.10. The maximum Gasteiger partial charge on any atom is 0.119 e. The second-order valence-corrected chi connectivity index (χ2v) is 5.17. The van der Waals surface area contributed by atoms with E-state index in [-0.39, 0.29) is 6.61 Å². The van der Waals surface area contributed by atoms with Crippen molar-refractivity contribution < 1.29 is 9.84 Å². The number of hydrogen-bond acceptors (Lipinski definition) is 2. The van der Waals surface area contributed by atoms with Gasteiger partial charge in [-0.15, -0.1) is 0 Å². The first-order chi connectivity index (χ1) is 9.60. The summed E-state index contributed by atoms with van der Waals surface area (Å²) in [5.74, 6) is 0.812. The van der Waals surface area contributed by atoms with Gasteiger partial charge < -0.3 is 9.84 Å². The Labute approximate surface area is 121 Å². The van der Waals surface area contributed by atoms with Crippen molar-refractivity contribution in [3.8, 4) is 5.75 Å². The van der Waals surface area contributed by atoms with Crippen molar-refractivity contribution in [2.45, 2.75) is 33.3 Å². The molecule has 1 N–H and O–H groups in total. The normalized spacial score (nSPS) is 12.2. The maximum absolute atomic E-state index is 10.2. The molecule has 2 rings (SSSR count). The number of ether oxygens (including phenoxy) is 1. The van der Waals surface area contributed by atoms with Gasteiger partial charge in [0.1, 0.15) is 18.5 Å². The van der Waals surface area contributed by atoms with Crippen LogP contribution in [-0.4, -0.2) is 11.7 Å².